The van der Waals surface area contributed by atoms with E-state index >= 15 is 0 Å². The molecule has 2 rings (SSSR count). The first-order valence-corrected chi connectivity index (χ1v) is 8.46. The van der Waals surface area contributed by atoms with Crippen LogP contribution in [0.4, 0.5) is 0 Å². The van der Waals surface area contributed by atoms with E-state index in [4.69, 9.17) is 0 Å². The van der Waals surface area contributed by atoms with Crippen LogP contribution in [0.1, 0.15) is 66.8 Å². The van der Waals surface area contributed by atoms with Crippen LogP contribution >= 0.6 is 0 Å². The number of carbonyl (C=O) groups excluding carboxylic acids is 1. The largest absolute Gasteiger partial charge is 0.351 e. The Labute approximate surface area is 138 Å². The summed E-state index contributed by atoms with van der Waals surface area (Å²) < 4.78 is 1.57. The molecule has 0 spiro atoms. The third kappa shape index (κ3) is 4.50. The van der Waals surface area contributed by atoms with Crippen molar-refractivity contribution in [3.8, 4) is 0 Å². The van der Waals surface area contributed by atoms with Crippen LogP contribution in [0.3, 0.4) is 0 Å². The lowest BCUT2D eigenvalue weighted by Crippen LogP contribution is -2.62. The number of aromatic nitrogens is 4. The predicted octanol–water partition coefficient (Wildman–Crippen LogP) is 1.69. The minimum atomic E-state index is -0.365. The Kier molecular flexibility index (Phi) is 5.08. The van der Waals surface area contributed by atoms with Crippen molar-refractivity contribution < 1.29 is 4.79 Å². The van der Waals surface area contributed by atoms with Gasteiger partial charge in [0.25, 0.3) is 0 Å². The maximum Gasteiger partial charge on any atom is 0.245 e. The highest BCUT2D eigenvalue weighted by molar-refractivity contribution is 5.80. The van der Waals surface area contributed by atoms with Crippen molar-refractivity contribution in [2.45, 2.75) is 84.0 Å². The van der Waals surface area contributed by atoms with Crippen molar-refractivity contribution in [1.29, 1.82) is 0 Å². The summed E-state index contributed by atoms with van der Waals surface area (Å²) in [4.78, 5) is 12.9. The molecule has 1 aliphatic rings. The minimum Gasteiger partial charge on any atom is -0.351 e. The summed E-state index contributed by atoms with van der Waals surface area (Å²) in [5, 5.41) is 18.2. The second-order valence-electron chi connectivity index (χ2n) is 8.13. The van der Waals surface area contributed by atoms with Crippen LogP contribution in [-0.4, -0.2) is 43.2 Å². The lowest BCUT2D eigenvalue weighted by atomic mass is 9.79. The number of nitrogens with zero attached hydrogens (tertiary/aromatic N) is 4. The summed E-state index contributed by atoms with van der Waals surface area (Å²) in [5.74, 6) is 0.173. The van der Waals surface area contributed by atoms with Gasteiger partial charge in [-0.1, -0.05) is 20.3 Å². The zero-order chi connectivity index (χ0) is 17.3. The van der Waals surface area contributed by atoms with Crippen LogP contribution in [0, 0.1) is 5.92 Å². The molecule has 7 nitrogen and oxygen atoms in total. The molecule has 2 heterocycles. The Morgan fingerprint density at radius 1 is 1.35 bits per heavy atom. The molecule has 1 fully saturated rings. The molecule has 0 radical (unpaired) electrons. The highest BCUT2D eigenvalue weighted by Gasteiger charge is 2.39. The van der Waals surface area contributed by atoms with E-state index in [2.05, 4.69) is 67.7 Å². The molecule has 23 heavy (non-hydrogen) atoms. The minimum absolute atomic E-state index is 0.000374. The average Bonchev–Trinajstić information content (AvgIpc) is 2.88. The van der Waals surface area contributed by atoms with Crippen LogP contribution in [-0.2, 0) is 4.79 Å². The normalized spacial score (nSPS) is 23.2. The molecular weight excluding hydrogens is 292 g/mol. The summed E-state index contributed by atoms with van der Waals surface area (Å²) in [6.07, 6.45) is 4.23. The molecule has 1 aromatic heterocycles. The SMILES string of the molecule is CC[C@H](C)[C@@H](C(=O)NC1CC(C)(C)NC(C)(C)C1)n1cnnn1. The zero-order valence-corrected chi connectivity index (χ0v) is 15.1. The van der Waals surface area contributed by atoms with Gasteiger partial charge in [0, 0.05) is 17.1 Å². The third-order valence-electron chi connectivity index (χ3n) is 4.64. The van der Waals surface area contributed by atoms with Gasteiger partial charge < -0.3 is 10.6 Å². The molecule has 1 aromatic rings. The molecule has 130 valence electrons. The van der Waals surface area contributed by atoms with E-state index in [-0.39, 0.29) is 35.0 Å². The molecule has 0 aromatic carbocycles. The smallest absolute Gasteiger partial charge is 0.245 e. The second kappa shape index (κ2) is 6.55. The average molecular weight is 322 g/mol. The van der Waals surface area contributed by atoms with Gasteiger partial charge in [-0.05, 0) is 56.9 Å². The van der Waals surface area contributed by atoms with E-state index in [1.807, 2.05) is 0 Å². The molecule has 2 N–H and O–H groups in total. The first-order valence-electron chi connectivity index (χ1n) is 8.46. The summed E-state index contributed by atoms with van der Waals surface area (Å²) >= 11 is 0. The quantitative estimate of drug-likeness (QED) is 0.861. The van der Waals surface area contributed by atoms with Crippen LogP contribution in [0.2, 0.25) is 0 Å². The fraction of sp³-hybridized carbons (Fsp3) is 0.875. The standard InChI is InChI=1S/C16H30N6O/c1-7-11(2)13(22-10-17-20-21-22)14(23)18-12-8-15(3,4)19-16(5,6)9-12/h10-13,19H,7-9H2,1-6H3,(H,18,23)/t11-,13-/m0/s1. The summed E-state index contributed by atoms with van der Waals surface area (Å²) in [7, 11) is 0. The molecule has 7 heteroatoms. The number of nitrogens with one attached hydrogen (secondary N) is 2. The Bertz CT molecular complexity index is 509. The number of tetrazole rings is 1. The van der Waals surface area contributed by atoms with Crippen LogP contribution in [0.5, 0.6) is 0 Å². The summed E-state index contributed by atoms with van der Waals surface area (Å²) in [5.41, 5.74) is 0.000747. The highest BCUT2D eigenvalue weighted by atomic mass is 16.2. The van der Waals surface area contributed by atoms with Crippen molar-refractivity contribution in [2.75, 3.05) is 0 Å². The number of piperidine rings is 1. The van der Waals surface area contributed by atoms with E-state index < -0.39 is 0 Å². The van der Waals surface area contributed by atoms with Gasteiger partial charge in [-0.15, -0.1) is 5.10 Å². The molecule has 0 saturated carbocycles. The van der Waals surface area contributed by atoms with E-state index in [0.717, 1.165) is 19.3 Å². The fourth-order valence-corrected chi connectivity index (χ4v) is 3.87. The van der Waals surface area contributed by atoms with Crippen molar-refractivity contribution in [1.82, 2.24) is 30.8 Å². The molecule has 0 unspecified atom stereocenters. The fourth-order valence-electron chi connectivity index (χ4n) is 3.87. The molecule has 0 aliphatic carbocycles. The lowest BCUT2D eigenvalue weighted by Gasteiger charge is -2.46. The van der Waals surface area contributed by atoms with Gasteiger partial charge in [-0.25, -0.2) is 4.68 Å². The first kappa shape index (κ1) is 17.8. The number of carbonyl (C=O) groups is 1. The van der Waals surface area contributed by atoms with Gasteiger partial charge in [0.2, 0.25) is 5.91 Å². The Morgan fingerprint density at radius 3 is 2.43 bits per heavy atom. The lowest BCUT2D eigenvalue weighted by molar-refractivity contribution is -0.127. The van der Waals surface area contributed by atoms with Gasteiger partial charge in [0.15, 0.2) is 0 Å². The topological polar surface area (TPSA) is 84.7 Å². The van der Waals surface area contributed by atoms with Gasteiger partial charge in [-0.2, -0.15) is 0 Å². The maximum absolute atomic E-state index is 12.9. The van der Waals surface area contributed by atoms with Gasteiger partial charge >= 0.3 is 0 Å². The molecule has 1 saturated heterocycles. The van der Waals surface area contributed by atoms with Gasteiger partial charge in [0.05, 0.1) is 0 Å². The van der Waals surface area contributed by atoms with E-state index in [1.165, 1.54) is 6.33 Å². The Balaban J connectivity index is 2.12. The zero-order valence-electron chi connectivity index (χ0n) is 15.1. The molecule has 2 atom stereocenters. The summed E-state index contributed by atoms with van der Waals surface area (Å²) in [6.45, 7) is 12.9. The van der Waals surface area contributed by atoms with Crippen LogP contribution in [0.25, 0.3) is 0 Å². The maximum atomic E-state index is 12.9. The Hall–Kier alpha value is -1.50. The predicted molar refractivity (Wildman–Crippen MR) is 88.8 cm³/mol. The molecule has 1 aliphatic heterocycles. The van der Waals surface area contributed by atoms with E-state index in [9.17, 15) is 4.79 Å². The van der Waals surface area contributed by atoms with Crippen LogP contribution < -0.4 is 10.6 Å². The van der Waals surface area contributed by atoms with Crippen molar-refractivity contribution in [2.24, 2.45) is 5.92 Å². The molecule has 1 amide bonds. The first-order chi connectivity index (χ1) is 10.6. The number of amides is 1. The third-order valence-corrected chi connectivity index (χ3v) is 4.64. The summed E-state index contributed by atoms with van der Waals surface area (Å²) in [6, 6.07) is -0.215. The monoisotopic (exact) mass is 322 g/mol. The number of hydrogen-bond acceptors (Lipinski definition) is 5. The van der Waals surface area contributed by atoms with E-state index in [0.29, 0.717) is 0 Å². The van der Waals surface area contributed by atoms with Crippen LogP contribution in [0.15, 0.2) is 6.33 Å². The number of rotatable bonds is 5. The van der Waals surface area contributed by atoms with E-state index in [1.54, 1.807) is 4.68 Å². The van der Waals surface area contributed by atoms with Gasteiger partial charge in [0.1, 0.15) is 12.4 Å². The van der Waals surface area contributed by atoms with Crippen molar-refractivity contribution in [3.63, 3.8) is 0 Å². The van der Waals surface area contributed by atoms with Gasteiger partial charge in [-0.3, -0.25) is 4.79 Å². The second-order valence-corrected chi connectivity index (χ2v) is 8.13. The van der Waals surface area contributed by atoms with Crippen molar-refractivity contribution >= 4 is 5.91 Å². The Morgan fingerprint density at radius 2 is 1.96 bits per heavy atom. The van der Waals surface area contributed by atoms with Crippen molar-refractivity contribution in [3.05, 3.63) is 6.33 Å². The highest BCUT2D eigenvalue weighted by Crippen LogP contribution is 2.29. The molecular formula is C16H30N6O. The number of hydrogen-bond donors (Lipinski definition) is 2. The molecule has 0 bridgehead atoms.